The highest BCUT2D eigenvalue weighted by Gasteiger charge is 2.32. The van der Waals surface area contributed by atoms with Crippen LogP contribution < -0.4 is 0 Å². The maximum atomic E-state index is 11.4. The van der Waals surface area contributed by atoms with E-state index in [1.807, 2.05) is 0 Å². The van der Waals surface area contributed by atoms with Crippen LogP contribution >= 0.6 is 0 Å². The fraction of sp³-hybridized carbons (Fsp3) is 0.875. The zero-order valence-electron chi connectivity index (χ0n) is 7.99. The molecule has 0 N–H and O–H groups in total. The van der Waals surface area contributed by atoms with Gasteiger partial charge in [0.15, 0.2) is 0 Å². The van der Waals surface area contributed by atoms with E-state index < -0.39 is 10.0 Å². The summed E-state index contributed by atoms with van der Waals surface area (Å²) in [5.74, 6) is 0.132. The smallest absolute Gasteiger partial charge is 0.213 e. The number of hydrogen-bond donors (Lipinski definition) is 0. The Hall–Kier alpha value is -0.420. The number of ketones is 1. The second-order valence-electron chi connectivity index (χ2n) is 3.35. The Bertz CT molecular complexity index is 297. The van der Waals surface area contributed by atoms with Gasteiger partial charge < -0.3 is 0 Å². The molecule has 0 aromatic rings. The van der Waals surface area contributed by atoms with Gasteiger partial charge in [0, 0.05) is 19.0 Å². The lowest BCUT2D eigenvalue weighted by molar-refractivity contribution is -0.120. The molecule has 13 heavy (non-hydrogen) atoms. The lowest BCUT2D eigenvalue weighted by Gasteiger charge is -2.13. The summed E-state index contributed by atoms with van der Waals surface area (Å²) in [5.41, 5.74) is 0. The predicted octanol–water partition coefficient (Wildman–Crippen LogP) is 0.247. The molecule has 1 saturated heterocycles. The molecule has 0 aromatic carbocycles. The van der Waals surface area contributed by atoms with E-state index in [4.69, 9.17) is 0 Å². The van der Waals surface area contributed by atoms with Crippen LogP contribution in [0.4, 0.5) is 0 Å². The SMILES string of the molecule is CCS(=O)(=O)N1CC[C@@H](C(C)=O)C1. The molecule has 1 heterocycles. The average Bonchev–Trinajstić information content (AvgIpc) is 2.52. The van der Waals surface area contributed by atoms with Crippen molar-refractivity contribution < 1.29 is 13.2 Å². The van der Waals surface area contributed by atoms with Crippen molar-refractivity contribution in [2.24, 2.45) is 5.92 Å². The number of Topliss-reactive ketones (excluding diaryl/α,β-unsaturated/α-hetero) is 1. The van der Waals surface area contributed by atoms with Crippen LogP contribution in [0, 0.1) is 5.92 Å². The molecule has 0 saturated carbocycles. The Balaban J connectivity index is 2.65. The summed E-state index contributed by atoms with van der Waals surface area (Å²) < 4.78 is 24.2. The van der Waals surface area contributed by atoms with E-state index >= 15 is 0 Å². The Morgan fingerprint density at radius 3 is 2.54 bits per heavy atom. The van der Waals surface area contributed by atoms with Crippen LogP contribution in [-0.4, -0.2) is 37.3 Å². The van der Waals surface area contributed by atoms with Gasteiger partial charge in [-0.05, 0) is 20.3 Å². The average molecular weight is 205 g/mol. The van der Waals surface area contributed by atoms with Gasteiger partial charge in [0.2, 0.25) is 10.0 Å². The summed E-state index contributed by atoms with van der Waals surface area (Å²) in [4.78, 5) is 11.0. The summed E-state index contributed by atoms with van der Waals surface area (Å²) in [6, 6.07) is 0. The van der Waals surface area contributed by atoms with Crippen LogP contribution in [-0.2, 0) is 14.8 Å². The molecule has 1 fully saturated rings. The van der Waals surface area contributed by atoms with Crippen molar-refractivity contribution in [3.8, 4) is 0 Å². The molecule has 1 atom stereocenters. The molecule has 76 valence electrons. The minimum Gasteiger partial charge on any atom is -0.300 e. The first-order valence-corrected chi connectivity index (χ1v) is 6.06. The Morgan fingerprint density at radius 1 is 1.54 bits per heavy atom. The van der Waals surface area contributed by atoms with E-state index in [-0.39, 0.29) is 17.5 Å². The van der Waals surface area contributed by atoms with Crippen LogP contribution in [0.2, 0.25) is 0 Å². The maximum Gasteiger partial charge on any atom is 0.213 e. The topological polar surface area (TPSA) is 54.5 Å². The standard InChI is InChI=1S/C8H15NO3S/c1-3-13(11,12)9-5-4-8(6-9)7(2)10/h8H,3-6H2,1-2H3/t8-/m1/s1. The first kappa shape index (κ1) is 10.7. The Morgan fingerprint density at radius 2 is 2.15 bits per heavy atom. The van der Waals surface area contributed by atoms with Gasteiger partial charge in [-0.3, -0.25) is 4.79 Å². The molecule has 0 unspecified atom stereocenters. The fourth-order valence-corrected chi connectivity index (χ4v) is 2.65. The van der Waals surface area contributed by atoms with Gasteiger partial charge in [0.05, 0.1) is 5.75 Å². The second kappa shape index (κ2) is 3.75. The van der Waals surface area contributed by atoms with Gasteiger partial charge >= 0.3 is 0 Å². The summed E-state index contributed by atoms with van der Waals surface area (Å²) in [6.07, 6.45) is 0.675. The van der Waals surface area contributed by atoms with Crippen molar-refractivity contribution >= 4 is 15.8 Å². The van der Waals surface area contributed by atoms with E-state index in [0.29, 0.717) is 19.5 Å². The van der Waals surface area contributed by atoms with Crippen LogP contribution in [0.1, 0.15) is 20.3 Å². The number of carbonyl (C=O) groups excluding carboxylic acids is 1. The maximum absolute atomic E-state index is 11.4. The van der Waals surface area contributed by atoms with Crippen LogP contribution in [0.15, 0.2) is 0 Å². The molecular weight excluding hydrogens is 190 g/mol. The third kappa shape index (κ3) is 2.28. The monoisotopic (exact) mass is 205 g/mol. The van der Waals surface area contributed by atoms with Crippen LogP contribution in [0.25, 0.3) is 0 Å². The molecule has 0 aliphatic carbocycles. The van der Waals surface area contributed by atoms with E-state index in [1.54, 1.807) is 6.92 Å². The molecule has 1 aliphatic heterocycles. The van der Waals surface area contributed by atoms with Gasteiger partial charge in [-0.2, -0.15) is 0 Å². The molecule has 0 spiro atoms. The molecule has 1 rings (SSSR count). The molecule has 4 nitrogen and oxygen atoms in total. The van der Waals surface area contributed by atoms with Gasteiger partial charge in [-0.25, -0.2) is 12.7 Å². The minimum absolute atomic E-state index is 0.0821. The summed E-state index contributed by atoms with van der Waals surface area (Å²) in [6.45, 7) is 4.02. The summed E-state index contributed by atoms with van der Waals surface area (Å²) in [7, 11) is -3.08. The first-order chi connectivity index (χ1) is 5.97. The molecule has 0 radical (unpaired) electrons. The number of nitrogens with zero attached hydrogens (tertiary/aromatic N) is 1. The molecule has 1 aliphatic rings. The zero-order valence-corrected chi connectivity index (χ0v) is 8.80. The lowest BCUT2D eigenvalue weighted by atomic mass is 10.1. The molecular formula is C8H15NO3S. The van der Waals surface area contributed by atoms with Gasteiger partial charge in [-0.1, -0.05) is 0 Å². The largest absolute Gasteiger partial charge is 0.300 e. The van der Waals surface area contributed by atoms with Crippen molar-refractivity contribution in [1.29, 1.82) is 0 Å². The number of rotatable bonds is 3. The Labute approximate surface area is 79.0 Å². The zero-order chi connectivity index (χ0) is 10.1. The minimum atomic E-state index is -3.08. The highest BCUT2D eigenvalue weighted by atomic mass is 32.2. The van der Waals surface area contributed by atoms with Crippen molar-refractivity contribution in [1.82, 2.24) is 4.31 Å². The van der Waals surface area contributed by atoms with Crippen molar-refractivity contribution in [2.75, 3.05) is 18.8 Å². The number of sulfonamides is 1. The summed E-state index contributed by atoms with van der Waals surface area (Å²) in [5, 5.41) is 0. The van der Waals surface area contributed by atoms with Crippen LogP contribution in [0.5, 0.6) is 0 Å². The molecule has 0 bridgehead atoms. The van der Waals surface area contributed by atoms with E-state index in [0.717, 1.165) is 0 Å². The highest BCUT2D eigenvalue weighted by Crippen LogP contribution is 2.19. The van der Waals surface area contributed by atoms with Gasteiger partial charge in [0.25, 0.3) is 0 Å². The number of carbonyl (C=O) groups is 1. The van der Waals surface area contributed by atoms with Gasteiger partial charge in [0.1, 0.15) is 5.78 Å². The van der Waals surface area contributed by atoms with E-state index in [1.165, 1.54) is 11.2 Å². The van der Waals surface area contributed by atoms with E-state index in [9.17, 15) is 13.2 Å². The Kier molecular flexibility index (Phi) is 3.08. The molecule has 0 amide bonds. The fourth-order valence-electron chi connectivity index (χ4n) is 1.50. The normalized spacial score (nSPS) is 24.9. The van der Waals surface area contributed by atoms with E-state index in [2.05, 4.69) is 0 Å². The van der Waals surface area contributed by atoms with Crippen molar-refractivity contribution in [3.05, 3.63) is 0 Å². The summed E-state index contributed by atoms with van der Waals surface area (Å²) >= 11 is 0. The predicted molar refractivity (Wildman–Crippen MR) is 49.8 cm³/mol. The van der Waals surface area contributed by atoms with Crippen molar-refractivity contribution in [3.63, 3.8) is 0 Å². The second-order valence-corrected chi connectivity index (χ2v) is 5.61. The van der Waals surface area contributed by atoms with Crippen LogP contribution in [0.3, 0.4) is 0 Å². The molecule has 5 heteroatoms. The van der Waals surface area contributed by atoms with Gasteiger partial charge in [-0.15, -0.1) is 0 Å². The number of hydrogen-bond acceptors (Lipinski definition) is 3. The molecule has 0 aromatic heterocycles. The third-order valence-electron chi connectivity index (χ3n) is 2.48. The first-order valence-electron chi connectivity index (χ1n) is 4.45. The lowest BCUT2D eigenvalue weighted by Crippen LogP contribution is -2.30. The van der Waals surface area contributed by atoms with Crippen molar-refractivity contribution in [2.45, 2.75) is 20.3 Å². The third-order valence-corrected chi connectivity index (χ3v) is 4.33. The highest BCUT2D eigenvalue weighted by molar-refractivity contribution is 7.89. The quantitative estimate of drug-likeness (QED) is 0.663.